The maximum absolute atomic E-state index is 4.34. The minimum absolute atomic E-state index is 0.873. The van der Waals surface area contributed by atoms with Gasteiger partial charge in [0.25, 0.3) is 0 Å². The molecular weight excluding hydrogens is 194 g/mol. The van der Waals surface area contributed by atoms with Gasteiger partial charge in [-0.15, -0.1) is 5.10 Å². The van der Waals surface area contributed by atoms with Crippen molar-refractivity contribution in [1.29, 1.82) is 0 Å². The van der Waals surface area contributed by atoms with Crippen LogP contribution in [0.25, 0.3) is 12.2 Å². The number of pyridine rings is 1. The topological polar surface area (TPSA) is 38.7 Å². The highest BCUT2D eigenvalue weighted by Gasteiger charge is 1.91. The standard InChI is InChI=1S/C10H9N3S/c1-8-3-2-4-9(11-8)5-6-10-7-14-13-12-10/h2-7H,1H3/b6-5-. The second-order valence-corrected chi connectivity index (χ2v) is 3.48. The summed E-state index contributed by atoms with van der Waals surface area (Å²) in [5.41, 5.74) is 2.83. The predicted octanol–water partition coefficient (Wildman–Crippen LogP) is 2.41. The van der Waals surface area contributed by atoms with E-state index in [1.807, 2.05) is 42.7 Å². The van der Waals surface area contributed by atoms with Gasteiger partial charge in [0.15, 0.2) is 0 Å². The molecule has 0 atom stereocenters. The minimum atomic E-state index is 0.873. The monoisotopic (exact) mass is 203 g/mol. The van der Waals surface area contributed by atoms with Crippen LogP contribution < -0.4 is 0 Å². The fraction of sp³-hybridized carbons (Fsp3) is 0.100. The molecule has 0 saturated carbocycles. The highest BCUT2D eigenvalue weighted by atomic mass is 32.1. The molecule has 0 radical (unpaired) electrons. The molecule has 0 N–H and O–H groups in total. The van der Waals surface area contributed by atoms with E-state index >= 15 is 0 Å². The number of aromatic nitrogens is 3. The Kier molecular flexibility index (Phi) is 2.65. The third kappa shape index (κ3) is 2.23. The molecule has 0 unspecified atom stereocenters. The first-order valence-electron chi connectivity index (χ1n) is 4.23. The van der Waals surface area contributed by atoms with Crippen LogP contribution in [-0.4, -0.2) is 14.6 Å². The fourth-order valence-electron chi connectivity index (χ4n) is 1.07. The second kappa shape index (κ2) is 4.11. The Balaban J connectivity index is 2.18. The molecule has 4 heteroatoms. The highest BCUT2D eigenvalue weighted by molar-refractivity contribution is 7.03. The van der Waals surface area contributed by atoms with Crippen molar-refractivity contribution in [3.05, 3.63) is 40.7 Å². The molecule has 3 nitrogen and oxygen atoms in total. The van der Waals surface area contributed by atoms with E-state index in [9.17, 15) is 0 Å². The van der Waals surface area contributed by atoms with Crippen LogP contribution in [0.3, 0.4) is 0 Å². The van der Waals surface area contributed by atoms with Gasteiger partial charge in [0.1, 0.15) is 0 Å². The zero-order chi connectivity index (χ0) is 9.80. The third-order valence-corrected chi connectivity index (χ3v) is 2.23. The largest absolute Gasteiger partial charge is 0.254 e. The first kappa shape index (κ1) is 9.02. The van der Waals surface area contributed by atoms with Crippen molar-refractivity contribution in [3.8, 4) is 0 Å². The Hall–Kier alpha value is -1.55. The van der Waals surface area contributed by atoms with E-state index in [-0.39, 0.29) is 0 Å². The summed E-state index contributed by atoms with van der Waals surface area (Å²) in [5.74, 6) is 0. The van der Waals surface area contributed by atoms with Crippen LogP contribution in [0.15, 0.2) is 23.6 Å². The molecule has 0 fully saturated rings. The molecule has 0 amide bonds. The van der Waals surface area contributed by atoms with Gasteiger partial charge in [-0.2, -0.15) is 0 Å². The van der Waals surface area contributed by atoms with Crippen LogP contribution in [0.5, 0.6) is 0 Å². The maximum atomic E-state index is 4.34. The summed E-state index contributed by atoms with van der Waals surface area (Å²) in [6, 6.07) is 5.92. The van der Waals surface area contributed by atoms with Crippen molar-refractivity contribution in [3.63, 3.8) is 0 Å². The minimum Gasteiger partial charge on any atom is -0.254 e. The molecule has 70 valence electrons. The lowest BCUT2D eigenvalue weighted by atomic mass is 10.3. The molecule has 0 bridgehead atoms. The van der Waals surface area contributed by atoms with Gasteiger partial charge in [0.05, 0.1) is 11.4 Å². The third-order valence-electron chi connectivity index (χ3n) is 1.71. The van der Waals surface area contributed by atoms with Crippen molar-refractivity contribution >= 4 is 23.7 Å². The number of rotatable bonds is 2. The van der Waals surface area contributed by atoms with Crippen molar-refractivity contribution in [2.24, 2.45) is 0 Å². The van der Waals surface area contributed by atoms with E-state index < -0.39 is 0 Å². The Labute approximate surface area is 86.3 Å². The van der Waals surface area contributed by atoms with E-state index in [1.165, 1.54) is 11.5 Å². The smallest absolute Gasteiger partial charge is 0.0982 e. The van der Waals surface area contributed by atoms with Crippen molar-refractivity contribution < 1.29 is 0 Å². The first-order valence-corrected chi connectivity index (χ1v) is 5.07. The Bertz CT molecular complexity index is 434. The summed E-state index contributed by atoms with van der Waals surface area (Å²) in [7, 11) is 0. The molecule has 14 heavy (non-hydrogen) atoms. The summed E-state index contributed by atoms with van der Waals surface area (Å²) >= 11 is 1.35. The lowest BCUT2D eigenvalue weighted by Crippen LogP contribution is -1.83. The summed E-state index contributed by atoms with van der Waals surface area (Å²) in [6.07, 6.45) is 3.84. The van der Waals surface area contributed by atoms with E-state index in [0.29, 0.717) is 0 Å². The average molecular weight is 203 g/mol. The molecule has 2 aromatic heterocycles. The van der Waals surface area contributed by atoms with Gasteiger partial charge in [-0.1, -0.05) is 10.6 Å². The molecule has 2 aromatic rings. The van der Waals surface area contributed by atoms with E-state index in [2.05, 4.69) is 14.6 Å². The van der Waals surface area contributed by atoms with Crippen molar-refractivity contribution in [2.75, 3.05) is 0 Å². The Morgan fingerprint density at radius 2 is 2.07 bits per heavy atom. The zero-order valence-corrected chi connectivity index (χ0v) is 8.53. The van der Waals surface area contributed by atoms with E-state index in [4.69, 9.17) is 0 Å². The highest BCUT2D eigenvalue weighted by Crippen LogP contribution is 2.05. The summed E-state index contributed by atoms with van der Waals surface area (Å²) in [6.45, 7) is 1.97. The molecule has 0 aliphatic heterocycles. The molecule has 0 aromatic carbocycles. The van der Waals surface area contributed by atoms with E-state index in [1.54, 1.807) is 0 Å². The van der Waals surface area contributed by atoms with Gasteiger partial charge in [-0.25, -0.2) is 0 Å². The molecular formula is C10H9N3S. The SMILES string of the molecule is Cc1cccc(/C=C\c2csnn2)n1. The number of hydrogen-bond acceptors (Lipinski definition) is 4. The first-order chi connectivity index (χ1) is 6.84. The Morgan fingerprint density at radius 1 is 1.21 bits per heavy atom. The quantitative estimate of drug-likeness (QED) is 0.752. The van der Waals surface area contributed by atoms with Gasteiger partial charge < -0.3 is 0 Å². The molecule has 0 saturated heterocycles. The summed E-state index contributed by atoms with van der Waals surface area (Å²) in [4.78, 5) is 4.34. The fourth-order valence-corrected chi connectivity index (χ4v) is 1.49. The average Bonchev–Trinajstić information content (AvgIpc) is 2.67. The number of nitrogens with zero attached hydrogens (tertiary/aromatic N) is 3. The van der Waals surface area contributed by atoms with Crippen LogP contribution in [0.4, 0.5) is 0 Å². The Morgan fingerprint density at radius 3 is 2.79 bits per heavy atom. The molecule has 2 rings (SSSR count). The molecule has 2 heterocycles. The predicted molar refractivity (Wildman–Crippen MR) is 57.8 cm³/mol. The van der Waals surface area contributed by atoms with Crippen LogP contribution in [0, 0.1) is 6.92 Å². The van der Waals surface area contributed by atoms with Crippen LogP contribution in [0.1, 0.15) is 17.1 Å². The number of aryl methyl sites for hydroxylation is 1. The van der Waals surface area contributed by atoms with Gasteiger partial charge in [-0.3, -0.25) is 4.98 Å². The lowest BCUT2D eigenvalue weighted by Gasteiger charge is -1.93. The van der Waals surface area contributed by atoms with Gasteiger partial charge in [0.2, 0.25) is 0 Å². The summed E-state index contributed by atoms with van der Waals surface area (Å²) < 4.78 is 3.77. The van der Waals surface area contributed by atoms with E-state index in [0.717, 1.165) is 17.1 Å². The molecule has 0 aliphatic rings. The van der Waals surface area contributed by atoms with Crippen LogP contribution >= 0.6 is 11.5 Å². The lowest BCUT2D eigenvalue weighted by molar-refractivity contribution is 1.14. The molecule has 0 aliphatic carbocycles. The van der Waals surface area contributed by atoms with Gasteiger partial charge in [0, 0.05) is 11.1 Å². The maximum Gasteiger partial charge on any atom is 0.0982 e. The van der Waals surface area contributed by atoms with Crippen LogP contribution in [-0.2, 0) is 0 Å². The van der Waals surface area contributed by atoms with Gasteiger partial charge in [-0.05, 0) is 42.7 Å². The van der Waals surface area contributed by atoms with Gasteiger partial charge >= 0.3 is 0 Å². The second-order valence-electron chi connectivity index (χ2n) is 2.87. The normalized spacial score (nSPS) is 10.9. The zero-order valence-electron chi connectivity index (χ0n) is 7.71. The molecule has 0 spiro atoms. The van der Waals surface area contributed by atoms with Crippen molar-refractivity contribution in [1.82, 2.24) is 14.6 Å². The van der Waals surface area contributed by atoms with Crippen LogP contribution in [0.2, 0.25) is 0 Å². The van der Waals surface area contributed by atoms with Crippen molar-refractivity contribution in [2.45, 2.75) is 6.92 Å². The number of hydrogen-bond donors (Lipinski definition) is 0. The summed E-state index contributed by atoms with van der Waals surface area (Å²) in [5, 5.41) is 5.80.